The average Bonchev–Trinajstić information content (AvgIpc) is 2.67. The number of methoxy groups -OCH3 is 1. The summed E-state index contributed by atoms with van der Waals surface area (Å²) in [6.07, 6.45) is -3.41. The molecule has 10 heteroatoms. The zero-order valence-electron chi connectivity index (χ0n) is 14.4. The van der Waals surface area contributed by atoms with E-state index in [4.69, 9.17) is 4.74 Å². The SMILES string of the molecule is COc1ccc(C(Nc2c(Nc3ccc[nH]c3=O)c(=O)c2=O)C(F)(F)F)cc1. The smallest absolute Gasteiger partial charge is 0.412 e. The van der Waals surface area contributed by atoms with Crippen molar-refractivity contribution in [3.05, 3.63) is 79.0 Å². The Hall–Kier alpha value is -3.56. The molecular formula is C18H14F3N3O4. The van der Waals surface area contributed by atoms with E-state index in [1.807, 2.05) is 0 Å². The Morgan fingerprint density at radius 3 is 2.21 bits per heavy atom. The number of hydrogen-bond acceptors (Lipinski definition) is 6. The molecule has 0 bridgehead atoms. The van der Waals surface area contributed by atoms with E-state index in [-0.39, 0.29) is 11.3 Å². The Morgan fingerprint density at radius 1 is 1.00 bits per heavy atom. The molecule has 3 rings (SSSR count). The van der Waals surface area contributed by atoms with E-state index in [0.717, 1.165) is 0 Å². The van der Waals surface area contributed by atoms with Crippen LogP contribution in [0.2, 0.25) is 0 Å². The number of pyridine rings is 1. The van der Waals surface area contributed by atoms with Gasteiger partial charge in [0.05, 0.1) is 7.11 Å². The molecule has 3 aromatic rings. The predicted molar refractivity (Wildman–Crippen MR) is 97.1 cm³/mol. The van der Waals surface area contributed by atoms with Gasteiger partial charge in [0, 0.05) is 6.20 Å². The summed E-state index contributed by atoms with van der Waals surface area (Å²) < 4.78 is 45.6. The second-order valence-electron chi connectivity index (χ2n) is 5.84. The van der Waals surface area contributed by atoms with E-state index in [1.165, 1.54) is 49.7 Å². The number of aromatic amines is 1. The molecule has 1 atom stereocenters. The molecule has 0 aliphatic rings. The summed E-state index contributed by atoms with van der Waals surface area (Å²) in [4.78, 5) is 37.7. The topological polar surface area (TPSA) is 100 Å². The number of rotatable bonds is 6. The number of H-pyrrole nitrogens is 1. The van der Waals surface area contributed by atoms with Crippen molar-refractivity contribution in [3.8, 4) is 5.75 Å². The second-order valence-corrected chi connectivity index (χ2v) is 5.84. The minimum absolute atomic E-state index is 0.0781. The molecule has 28 heavy (non-hydrogen) atoms. The van der Waals surface area contributed by atoms with Gasteiger partial charge in [-0.15, -0.1) is 0 Å². The van der Waals surface area contributed by atoms with Crippen molar-refractivity contribution in [2.24, 2.45) is 0 Å². The molecule has 1 heterocycles. The number of nitrogens with one attached hydrogen (secondary N) is 3. The number of alkyl halides is 3. The lowest BCUT2D eigenvalue weighted by atomic mass is 10.0. The van der Waals surface area contributed by atoms with Crippen LogP contribution in [0.15, 0.2) is 57.0 Å². The highest BCUT2D eigenvalue weighted by Crippen LogP contribution is 2.37. The summed E-state index contributed by atoms with van der Waals surface area (Å²) in [6.45, 7) is 0. The first-order valence-electron chi connectivity index (χ1n) is 7.97. The van der Waals surface area contributed by atoms with Crippen molar-refractivity contribution < 1.29 is 17.9 Å². The molecule has 0 radical (unpaired) electrons. The van der Waals surface area contributed by atoms with Gasteiger partial charge in [0.25, 0.3) is 16.4 Å². The van der Waals surface area contributed by atoms with E-state index in [1.54, 1.807) is 0 Å². The Balaban J connectivity index is 1.95. The molecule has 0 spiro atoms. The van der Waals surface area contributed by atoms with Crippen molar-refractivity contribution in [3.63, 3.8) is 0 Å². The van der Waals surface area contributed by atoms with Gasteiger partial charge in [-0.1, -0.05) is 12.1 Å². The average molecular weight is 393 g/mol. The standard InChI is InChI=1S/C18H14F3N3O4/c1-28-10-6-4-9(5-7-10)16(18(19,20)21)24-13-12(14(25)15(13)26)23-11-3-2-8-22-17(11)27/h2-8,16,23-24H,1H3,(H,22,27). The number of hydrogen-bond donors (Lipinski definition) is 3. The maximum Gasteiger partial charge on any atom is 0.412 e. The molecule has 0 amide bonds. The quantitative estimate of drug-likeness (QED) is 0.557. The zero-order chi connectivity index (χ0) is 20.5. The monoisotopic (exact) mass is 393 g/mol. The van der Waals surface area contributed by atoms with Crippen LogP contribution in [0.1, 0.15) is 11.6 Å². The van der Waals surface area contributed by atoms with Crippen LogP contribution >= 0.6 is 0 Å². The lowest BCUT2D eigenvalue weighted by Gasteiger charge is -2.25. The predicted octanol–water partition coefficient (Wildman–Crippen LogP) is 2.44. The van der Waals surface area contributed by atoms with Crippen LogP contribution in [0.5, 0.6) is 5.75 Å². The van der Waals surface area contributed by atoms with Gasteiger partial charge in [0.2, 0.25) is 0 Å². The van der Waals surface area contributed by atoms with Crippen molar-refractivity contribution in [2.45, 2.75) is 12.2 Å². The molecular weight excluding hydrogens is 379 g/mol. The normalized spacial score (nSPS) is 12.6. The maximum atomic E-state index is 13.6. The van der Waals surface area contributed by atoms with Gasteiger partial charge in [-0.25, -0.2) is 0 Å². The largest absolute Gasteiger partial charge is 0.497 e. The van der Waals surface area contributed by atoms with Gasteiger partial charge >= 0.3 is 6.18 Å². The van der Waals surface area contributed by atoms with Crippen molar-refractivity contribution in [1.29, 1.82) is 0 Å². The zero-order valence-corrected chi connectivity index (χ0v) is 14.4. The van der Waals surface area contributed by atoms with E-state index in [9.17, 15) is 27.6 Å². The first kappa shape index (κ1) is 19.2. The highest BCUT2D eigenvalue weighted by Gasteiger charge is 2.42. The van der Waals surface area contributed by atoms with E-state index >= 15 is 0 Å². The van der Waals surface area contributed by atoms with Crippen molar-refractivity contribution in [1.82, 2.24) is 4.98 Å². The van der Waals surface area contributed by atoms with Gasteiger partial charge in [-0.2, -0.15) is 13.2 Å². The van der Waals surface area contributed by atoms with Crippen LogP contribution in [0.25, 0.3) is 0 Å². The first-order valence-corrected chi connectivity index (χ1v) is 7.97. The molecule has 0 fully saturated rings. The molecule has 0 aliphatic heterocycles. The molecule has 146 valence electrons. The molecule has 0 aliphatic carbocycles. The summed E-state index contributed by atoms with van der Waals surface area (Å²) in [5.74, 6) is 0.365. The summed E-state index contributed by atoms with van der Waals surface area (Å²) in [5.41, 5.74) is -3.89. The molecule has 1 unspecified atom stereocenters. The molecule has 1 aromatic heterocycles. The van der Waals surface area contributed by atoms with Gasteiger partial charge < -0.3 is 20.4 Å². The summed E-state index contributed by atoms with van der Waals surface area (Å²) >= 11 is 0. The maximum absolute atomic E-state index is 13.6. The fraction of sp³-hybridized carbons (Fsp3) is 0.167. The summed E-state index contributed by atoms with van der Waals surface area (Å²) in [5, 5.41) is 4.50. The van der Waals surface area contributed by atoms with E-state index in [2.05, 4.69) is 15.6 Å². The Bertz CT molecular complexity index is 1110. The molecule has 0 saturated heterocycles. The molecule has 7 nitrogen and oxygen atoms in total. The number of ether oxygens (including phenoxy) is 1. The summed E-state index contributed by atoms with van der Waals surface area (Å²) in [7, 11) is 1.38. The van der Waals surface area contributed by atoms with Crippen LogP contribution in [0, 0.1) is 0 Å². The van der Waals surface area contributed by atoms with Crippen molar-refractivity contribution in [2.75, 3.05) is 17.7 Å². The highest BCUT2D eigenvalue weighted by molar-refractivity contribution is 5.78. The minimum atomic E-state index is -4.75. The molecule has 3 N–H and O–H groups in total. The lowest BCUT2D eigenvalue weighted by Crippen LogP contribution is -2.40. The molecule has 0 saturated carbocycles. The van der Waals surface area contributed by atoms with Crippen molar-refractivity contribution >= 4 is 17.1 Å². The van der Waals surface area contributed by atoms with Gasteiger partial charge in [0.1, 0.15) is 28.9 Å². The van der Waals surface area contributed by atoms with Crippen LogP contribution in [0.3, 0.4) is 0 Å². The van der Waals surface area contributed by atoms with Gasteiger partial charge in [-0.3, -0.25) is 14.4 Å². The second kappa shape index (κ2) is 7.22. The number of aromatic nitrogens is 1. The van der Waals surface area contributed by atoms with Gasteiger partial charge in [-0.05, 0) is 29.8 Å². The third kappa shape index (κ3) is 3.61. The third-order valence-corrected chi connectivity index (χ3v) is 4.05. The number of anilines is 3. The third-order valence-electron chi connectivity index (χ3n) is 4.05. The van der Waals surface area contributed by atoms with E-state index < -0.39 is 40.0 Å². The summed E-state index contributed by atoms with van der Waals surface area (Å²) in [6, 6.07) is 5.63. The number of halogens is 3. The van der Waals surface area contributed by atoms with Gasteiger partial charge in [0.15, 0.2) is 0 Å². The fourth-order valence-electron chi connectivity index (χ4n) is 2.60. The Morgan fingerprint density at radius 2 is 1.64 bits per heavy atom. The van der Waals surface area contributed by atoms with E-state index in [0.29, 0.717) is 5.75 Å². The van der Waals surface area contributed by atoms with Crippen LogP contribution < -0.4 is 31.8 Å². The van der Waals surface area contributed by atoms with Crippen LogP contribution in [-0.2, 0) is 0 Å². The lowest BCUT2D eigenvalue weighted by molar-refractivity contribution is -0.144. The van der Waals surface area contributed by atoms with Crippen LogP contribution in [0.4, 0.5) is 30.2 Å². The Kier molecular flexibility index (Phi) is 4.95. The highest BCUT2D eigenvalue weighted by atomic mass is 19.4. The molecule has 2 aromatic carbocycles. The Labute approximate surface area is 155 Å². The first-order chi connectivity index (χ1) is 13.2. The minimum Gasteiger partial charge on any atom is -0.497 e. The number of benzene rings is 1. The van der Waals surface area contributed by atoms with Crippen LogP contribution in [-0.4, -0.2) is 18.3 Å². The fourth-order valence-corrected chi connectivity index (χ4v) is 2.60.